The summed E-state index contributed by atoms with van der Waals surface area (Å²) in [5.41, 5.74) is 0. The molecule has 20 heavy (non-hydrogen) atoms. The van der Waals surface area contributed by atoms with E-state index in [1.807, 2.05) is 12.2 Å². The van der Waals surface area contributed by atoms with Gasteiger partial charge in [-0.15, -0.1) is 0 Å². The van der Waals surface area contributed by atoms with E-state index in [0.717, 1.165) is 12.2 Å². The van der Waals surface area contributed by atoms with Crippen LogP contribution in [0.25, 0.3) is 0 Å². The number of carboxylic acid groups (broad SMARTS) is 1. The molecule has 0 radical (unpaired) electrons. The smallest absolute Gasteiger partial charge is 0.307 e. The highest BCUT2D eigenvalue weighted by Gasteiger charge is 2.51. The summed E-state index contributed by atoms with van der Waals surface area (Å²) < 4.78 is 0. The zero-order valence-electron chi connectivity index (χ0n) is 11.0. The number of fused-ring (bicyclic) bond motifs is 2. The van der Waals surface area contributed by atoms with Gasteiger partial charge < -0.3 is 15.4 Å². The number of nitrogens with one attached hydrogen (secondary N) is 2. The number of nitrogens with zero attached hydrogens (tertiary/aromatic N) is 1. The van der Waals surface area contributed by atoms with Gasteiger partial charge in [-0.1, -0.05) is 12.2 Å². The topological polar surface area (TPSA) is 95.1 Å². The third-order valence-corrected chi connectivity index (χ3v) is 4.26. The lowest BCUT2D eigenvalue weighted by Gasteiger charge is -2.23. The number of aliphatic carboxylic acids is 1. The van der Waals surface area contributed by atoms with Crippen LogP contribution in [-0.4, -0.2) is 33.5 Å². The van der Waals surface area contributed by atoms with E-state index in [-0.39, 0.29) is 17.7 Å². The van der Waals surface area contributed by atoms with Gasteiger partial charge in [0.15, 0.2) is 0 Å². The number of rotatable bonds is 5. The summed E-state index contributed by atoms with van der Waals surface area (Å²) in [5.74, 6) is -1.13. The summed E-state index contributed by atoms with van der Waals surface area (Å²) in [6.07, 6.45) is 8.73. The van der Waals surface area contributed by atoms with E-state index in [1.54, 1.807) is 12.4 Å². The lowest BCUT2D eigenvalue weighted by Crippen LogP contribution is -2.40. The van der Waals surface area contributed by atoms with Crippen molar-refractivity contribution in [3.8, 4) is 0 Å². The Morgan fingerprint density at radius 2 is 2.10 bits per heavy atom. The summed E-state index contributed by atoms with van der Waals surface area (Å²) in [6, 6.07) is 0. The van der Waals surface area contributed by atoms with Crippen LogP contribution in [0.2, 0.25) is 0 Å². The molecule has 0 saturated heterocycles. The van der Waals surface area contributed by atoms with Crippen molar-refractivity contribution in [2.75, 3.05) is 6.54 Å². The molecule has 2 aliphatic rings. The zero-order chi connectivity index (χ0) is 14.1. The Bertz CT molecular complexity index is 538. The molecular weight excluding hydrogens is 258 g/mol. The highest BCUT2D eigenvalue weighted by atomic mass is 16.4. The third-order valence-electron chi connectivity index (χ3n) is 4.26. The van der Waals surface area contributed by atoms with Gasteiger partial charge in [-0.2, -0.15) is 0 Å². The number of imidazole rings is 1. The molecule has 0 spiro atoms. The molecule has 2 bridgehead atoms. The van der Waals surface area contributed by atoms with Gasteiger partial charge in [-0.05, 0) is 18.3 Å². The minimum Gasteiger partial charge on any atom is -0.481 e. The second-order valence-electron chi connectivity index (χ2n) is 5.42. The Labute approximate surface area is 116 Å². The van der Waals surface area contributed by atoms with Crippen molar-refractivity contribution in [1.29, 1.82) is 0 Å². The Hall–Kier alpha value is -2.11. The fraction of sp³-hybridized carbons (Fsp3) is 0.500. The molecule has 6 nitrogen and oxygen atoms in total. The van der Waals surface area contributed by atoms with Gasteiger partial charge in [0.2, 0.25) is 5.91 Å². The molecule has 3 N–H and O–H groups in total. The van der Waals surface area contributed by atoms with E-state index in [0.29, 0.717) is 13.0 Å². The van der Waals surface area contributed by atoms with Crippen molar-refractivity contribution in [3.63, 3.8) is 0 Å². The maximum absolute atomic E-state index is 12.2. The van der Waals surface area contributed by atoms with Crippen molar-refractivity contribution in [2.24, 2.45) is 23.7 Å². The van der Waals surface area contributed by atoms with Crippen molar-refractivity contribution in [1.82, 2.24) is 15.3 Å². The molecule has 1 heterocycles. The number of amides is 1. The predicted octanol–water partition coefficient (Wildman–Crippen LogP) is 0.591. The van der Waals surface area contributed by atoms with E-state index in [1.165, 1.54) is 0 Å². The minimum absolute atomic E-state index is 0.0123. The van der Waals surface area contributed by atoms with E-state index >= 15 is 0 Å². The van der Waals surface area contributed by atoms with Gasteiger partial charge >= 0.3 is 5.97 Å². The largest absolute Gasteiger partial charge is 0.481 e. The van der Waals surface area contributed by atoms with Crippen LogP contribution in [0.1, 0.15) is 12.2 Å². The van der Waals surface area contributed by atoms with Gasteiger partial charge in [-0.25, -0.2) is 4.98 Å². The van der Waals surface area contributed by atoms with Crippen LogP contribution in [0, 0.1) is 23.7 Å². The Morgan fingerprint density at radius 3 is 2.75 bits per heavy atom. The molecule has 1 aromatic heterocycles. The summed E-state index contributed by atoms with van der Waals surface area (Å²) in [4.78, 5) is 30.6. The van der Waals surface area contributed by atoms with Crippen LogP contribution >= 0.6 is 0 Å². The molecule has 0 aromatic carbocycles. The van der Waals surface area contributed by atoms with Crippen molar-refractivity contribution in [2.45, 2.75) is 12.8 Å². The number of allylic oxidation sites excluding steroid dienone is 2. The normalized spacial score (nSPS) is 30.6. The first kappa shape index (κ1) is 12.9. The monoisotopic (exact) mass is 275 g/mol. The number of hydrogen-bond donors (Lipinski definition) is 3. The number of aromatic amines is 1. The fourth-order valence-electron chi connectivity index (χ4n) is 3.37. The summed E-state index contributed by atoms with van der Waals surface area (Å²) in [6.45, 7) is 0.469. The van der Waals surface area contributed by atoms with Crippen molar-refractivity contribution < 1.29 is 14.7 Å². The van der Waals surface area contributed by atoms with Crippen LogP contribution in [0.15, 0.2) is 24.5 Å². The molecular formula is C14H17N3O3. The number of H-pyrrole nitrogens is 1. The van der Waals surface area contributed by atoms with E-state index in [2.05, 4.69) is 15.3 Å². The molecule has 6 heteroatoms. The molecule has 1 fully saturated rings. The average molecular weight is 275 g/mol. The van der Waals surface area contributed by atoms with Gasteiger partial charge in [0.25, 0.3) is 0 Å². The number of carboxylic acids is 1. The molecule has 1 amide bonds. The number of aromatic nitrogens is 2. The van der Waals surface area contributed by atoms with Crippen LogP contribution < -0.4 is 5.32 Å². The number of hydrogen-bond acceptors (Lipinski definition) is 3. The number of carbonyl (C=O) groups excluding carboxylic acids is 1. The molecule has 106 valence electrons. The Morgan fingerprint density at radius 1 is 1.35 bits per heavy atom. The van der Waals surface area contributed by atoms with Crippen LogP contribution in [0.4, 0.5) is 0 Å². The molecule has 4 unspecified atom stereocenters. The second kappa shape index (κ2) is 5.11. The maximum atomic E-state index is 12.2. The Balaban J connectivity index is 1.59. The predicted molar refractivity (Wildman–Crippen MR) is 70.7 cm³/mol. The minimum atomic E-state index is -0.868. The summed E-state index contributed by atoms with van der Waals surface area (Å²) in [5, 5.41) is 12.1. The SMILES string of the molecule is O=C(O)C1C2C=CC(C2)C1C(=O)NCCc1ncc[nH]1. The van der Waals surface area contributed by atoms with Crippen molar-refractivity contribution >= 4 is 11.9 Å². The Kier molecular flexibility index (Phi) is 3.30. The van der Waals surface area contributed by atoms with E-state index < -0.39 is 17.8 Å². The molecule has 2 aliphatic carbocycles. The van der Waals surface area contributed by atoms with Crippen LogP contribution in [0.3, 0.4) is 0 Å². The van der Waals surface area contributed by atoms with Crippen LogP contribution in [0.5, 0.6) is 0 Å². The van der Waals surface area contributed by atoms with Gasteiger partial charge in [0, 0.05) is 25.4 Å². The zero-order valence-corrected chi connectivity index (χ0v) is 11.0. The quantitative estimate of drug-likeness (QED) is 0.685. The highest BCUT2D eigenvalue weighted by molar-refractivity contribution is 5.86. The molecule has 0 aliphatic heterocycles. The van der Waals surface area contributed by atoms with Crippen LogP contribution in [-0.2, 0) is 16.0 Å². The summed E-state index contributed by atoms with van der Waals surface area (Å²) in [7, 11) is 0. The maximum Gasteiger partial charge on any atom is 0.307 e. The molecule has 4 atom stereocenters. The van der Waals surface area contributed by atoms with Gasteiger partial charge in [-0.3, -0.25) is 9.59 Å². The first-order chi connectivity index (χ1) is 9.66. The lowest BCUT2D eigenvalue weighted by molar-refractivity contribution is -0.147. The molecule has 1 saturated carbocycles. The first-order valence-electron chi connectivity index (χ1n) is 6.84. The second-order valence-corrected chi connectivity index (χ2v) is 5.42. The van der Waals surface area contributed by atoms with Gasteiger partial charge in [0.1, 0.15) is 5.82 Å². The summed E-state index contributed by atoms with van der Waals surface area (Å²) >= 11 is 0. The van der Waals surface area contributed by atoms with Crippen molar-refractivity contribution in [3.05, 3.63) is 30.4 Å². The van der Waals surface area contributed by atoms with Gasteiger partial charge in [0.05, 0.1) is 11.8 Å². The number of carbonyl (C=O) groups is 2. The third kappa shape index (κ3) is 2.21. The van der Waals surface area contributed by atoms with E-state index in [9.17, 15) is 14.7 Å². The standard InChI is InChI=1S/C14H17N3O3/c18-13(17-4-3-10-15-5-6-16-10)11-8-1-2-9(7-8)12(11)14(19)20/h1-2,5-6,8-9,11-12H,3-4,7H2,(H,15,16)(H,17,18)(H,19,20). The lowest BCUT2D eigenvalue weighted by atomic mass is 9.82. The molecule has 1 aromatic rings. The average Bonchev–Trinajstić information content (AvgIpc) is 3.13. The first-order valence-corrected chi connectivity index (χ1v) is 6.84. The molecule has 3 rings (SSSR count). The van der Waals surface area contributed by atoms with E-state index in [4.69, 9.17) is 0 Å². The fourth-order valence-corrected chi connectivity index (χ4v) is 3.37. The highest BCUT2D eigenvalue weighted by Crippen LogP contribution is 2.48.